The summed E-state index contributed by atoms with van der Waals surface area (Å²) in [5.41, 5.74) is 3.10. The Hall–Kier alpha value is -2.18. The van der Waals surface area contributed by atoms with Crippen molar-refractivity contribution in [3.05, 3.63) is 59.2 Å². The minimum absolute atomic E-state index is 0.243. The van der Waals surface area contributed by atoms with E-state index in [1.807, 2.05) is 42.8 Å². The van der Waals surface area contributed by atoms with Gasteiger partial charge in [-0.15, -0.1) is 23.1 Å². The Bertz CT molecular complexity index is 828. The second kappa shape index (κ2) is 6.93. The molecule has 0 spiro atoms. The minimum atomic E-state index is -0.243. The Morgan fingerprint density at radius 1 is 1.13 bits per heavy atom. The first-order chi connectivity index (χ1) is 11.2. The molecule has 3 aromatic rings. The Balaban J connectivity index is 1.75. The van der Waals surface area contributed by atoms with E-state index in [1.54, 1.807) is 17.8 Å². The molecule has 116 valence electrons. The number of nitrogens with zero attached hydrogens (tertiary/aromatic N) is 2. The Morgan fingerprint density at radius 2 is 1.91 bits per heavy atom. The highest BCUT2D eigenvalue weighted by Gasteiger charge is 2.11. The van der Waals surface area contributed by atoms with E-state index in [2.05, 4.69) is 27.4 Å². The van der Waals surface area contributed by atoms with E-state index in [4.69, 9.17) is 0 Å². The van der Waals surface area contributed by atoms with E-state index >= 15 is 0 Å². The number of carbonyl (C=O) groups excluding carboxylic acids is 1. The van der Waals surface area contributed by atoms with Crippen LogP contribution in [-0.4, -0.2) is 22.1 Å². The maximum Gasteiger partial charge on any atom is 0.276 e. The summed E-state index contributed by atoms with van der Waals surface area (Å²) in [6.45, 7) is 1.86. The third kappa shape index (κ3) is 3.78. The molecule has 1 N–H and O–H groups in total. The van der Waals surface area contributed by atoms with Crippen molar-refractivity contribution in [2.45, 2.75) is 11.8 Å². The fraction of sp³-hybridized carbons (Fsp3) is 0.118. The molecule has 0 saturated carbocycles. The summed E-state index contributed by atoms with van der Waals surface area (Å²) in [4.78, 5) is 22.1. The average Bonchev–Trinajstić information content (AvgIpc) is 3.03. The van der Waals surface area contributed by atoms with Gasteiger partial charge in [0.25, 0.3) is 5.91 Å². The van der Waals surface area contributed by atoms with Gasteiger partial charge >= 0.3 is 0 Å². The second-order valence-corrected chi connectivity index (χ2v) is 6.62. The van der Waals surface area contributed by atoms with Gasteiger partial charge in [-0.05, 0) is 37.4 Å². The number of carbonyl (C=O) groups is 1. The lowest BCUT2D eigenvalue weighted by Crippen LogP contribution is -2.13. The van der Waals surface area contributed by atoms with Crippen LogP contribution in [0.1, 0.15) is 16.2 Å². The minimum Gasteiger partial charge on any atom is -0.296 e. The Morgan fingerprint density at radius 3 is 2.61 bits per heavy atom. The van der Waals surface area contributed by atoms with Gasteiger partial charge in [0.1, 0.15) is 5.69 Å². The topological polar surface area (TPSA) is 54.9 Å². The summed E-state index contributed by atoms with van der Waals surface area (Å²) in [7, 11) is 0. The first-order valence-electron chi connectivity index (χ1n) is 7.00. The first-order valence-corrected chi connectivity index (χ1v) is 9.11. The monoisotopic (exact) mass is 341 g/mol. The van der Waals surface area contributed by atoms with Gasteiger partial charge in [-0.2, -0.15) is 0 Å². The van der Waals surface area contributed by atoms with E-state index in [0.29, 0.717) is 10.8 Å². The molecule has 2 heterocycles. The standard InChI is InChI=1S/C17H15N3OS2/c1-11-4-3-5-14(18-11)16(21)20-17-19-15(10-23-17)12-6-8-13(22-2)9-7-12/h3-10H,1-2H3,(H,19,20,21). The van der Waals surface area contributed by atoms with Crippen LogP contribution in [0, 0.1) is 6.92 Å². The van der Waals surface area contributed by atoms with Crippen molar-refractivity contribution in [2.24, 2.45) is 0 Å². The molecule has 4 nitrogen and oxygen atoms in total. The number of hydrogen-bond acceptors (Lipinski definition) is 5. The SMILES string of the molecule is CSc1ccc(-c2csc(NC(=O)c3cccc(C)n3)n2)cc1. The lowest BCUT2D eigenvalue weighted by atomic mass is 10.2. The number of aryl methyl sites for hydroxylation is 1. The highest BCUT2D eigenvalue weighted by atomic mass is 32.2. The lowest BCUT2D eigenvalue weighted by Gasteiger charge is -2.02. The summed E-state index contributed by atoms with van der Waals surface area (Å²) in [5, 5.41) is 5.31. The first kappa shape index (κ1) is 15.7. The number of amides is 1. The maximum absolute atomic E-state index is 12.2. The van der Waals surface area contributed by atoms with Crippen molar-refractivity contribution in [3.8, 4) is 11.3 Å². The van der Waals surface area contributed by atoms with Crippen molar-refractivity contribution in [1.29, 1.82) is 0 Å². The highest BCUT2D eigenvalue weighted by molar-refractivity contribution is 7.98. The normalized spacial score (nSPS) is 10.5. The molecule has 3 rings (SSSR count). The number of aromatic nitrogens is 2. The number of rotatable bonds is 4. The molecule has 6 heteroatoms. The largest absolute Gasteiger partial charge is 0.296 e. The van der Waals surface area contributed by atoms with Gasteiger partial charge in [-0.3, -0.25) is 10.1 Å². The summed E-state index contributed by atoms with van der Waals surface area (Å²) >= 11 is 3.11. The Kier molecular flexibility index (Phi) is 4.73. The zero-order chi connectivity index (χ0) is 16.2. The van der Waals surface area contributed by atoms with Crippen molar-refractivity contribution < 1.29 is 4.79 Å². The molecule has 2 aromatic heterocycles. The number of thiazole rings is 1. The molecule has 0 aliphatic carbocycles. The van der Waals surface area contributed by atoms with Crippen LogP contribution in [0.25, 0.3) is 11.3 Å². The molecule has 0 bridgehead atoms. The third-order valence-corrected chi connectivity index (χ3v) is 4.73. The van der Waals surface area contributed by atoms with Crippen LogP contribution in [0.2, 0.25) is 0 Å². The molecule has 0 aliphatic heterocycles. The van der Waals surface area contributed by atoms with Crippen LogP contribution in [0.3, 0.4) is 0 Å². The van der Waals surface area contributed by atoms with Gasteiger partial charge in [0.05, 0.1) is 5.69 Å². The van der Waals surface area contributed by atoms with E-state index in [1.165, 1.54) is 16.2 Å². The van der Waals surface area contributed by atoms with E-state index < -0.39 is 0 Å². The lowest BCUT2D eigenvalue weighted by molar-refractivity contribution is 0.102. The summed E-state index contributed by atoms with van der Waals surface area (Å²) in [5.74, 6) is -0.243. The molecule has 23 heavy (non-hydrogen) atoms. The van der Waals surface area contributed by atoms with Crippen molar-refractivity contribution >= 4 is 34.1 Å². The molecule has 1 amide bonds. The number of pyridine rings is 1. The summed E-state index contributed by atoms with van der Waals surface area (Å²) in [6.07, 6.45) is 2.05. The fourth-order valence-electron chi connectivity index (χ4n) is 2.06. The molecule has 0 aliphatic rings. The third-order valence-electron chi connectivity index (χ3n) is 3.23. The van der Waals surface area contributed by atoms with Crippen LogP contribution in [0.5, 0.6) is 0 Å². The van der Waals surface area contributed by atoms with Crippen molar-refractivity contribution in [1.82, 2.24) is 9.97 Å². The number of anilines is 1. The molecule has 0 fully saturated rings. The zero-order valence-corrected chi connectivity index (χ0v) is 14.4. The van der Waals surface area contributed by atoms with E-state index in [0.717, 1.165) is 17.0 Å². The molecular formula is C17H15N3OS2. The predicted octanol–water partition coefficient (Wildman–Crippen LogP) is 4.49. The number of nitrogens with one attached hydrogen (secondary N) is 1. The fourth-order valence-corrected chi connectivity index (χ4v) is 3.18. The summed E-state index contributed by atoms with van der Waals surface area (Å²) in [6, 6.07) is 13.6. The van der Waals surface area contributed by atoms with Crippen LogP contribution in [0.15, 0.2) is 52.7 Å². The molecule has 0 saturated heterocycles. The van der Waals surface area contributed by atoms with Gasteiger partial charge in [0.2, 0.25) is 0 Å². The number of thioether (sulfide) groups is 1. The highest BCUT2D eigenvalue weighted by Crippen LogP contribution is 2.26. The van der Waals surface area contributed by atoms with Crippen LogP contribution in [0.4, 0.5) is 5.13 Å². The number of hydrogen-bond donors (Lipinski definition) is 1. The van der Waals surface area contributed by atoms with Crippen molar-refractivity contribution in [3.63, 3.8) is 0 Å². The molecule has 1 aromatic carbocycles. The quantitative estimate of drug-likeness (QED) is 0.711. The molecule has 0 atom stereocenters. The smallest absolute Gasteiger partial charge is 0.276 e. The molecular weight excluding hydrogens is 326 g/mol. The van der Waals surface area contributed by atoms with Gasteiger partial charge < -0.3 is 0 Å². The van der Waals surface area contributed by atoms with Crippen molar-refractivity contribution in [2.75, 3.05) is 11.6 Å². The van der Waals surface area contributed by atoms with Crippen LogP contribution < -0.4 is 5.32 Å². The second-order valence-electron chi connectivity index (χ2n) is 4.88. The molecule has 0 radical (unpaired) electrons. The predicted molar refractivity (Wildman–Crippen MR) is 96.3 cm³/mol. The summed E-state index contributed by atoms with van der Waals surface area (Å²) < 4.78 is 0. The van der Waals surface area contributed by atoms with Crippen LogP contribution >= 0.6 is 23.1 Å². The average molecular weight is 341 g/mol. The zero-order valence-electron chi connectivity index (χ0n) is 12.7. The van der Waals surface area contributed by atoms with E-state index in [9.17, 15) is 4.79 Å². The van der Waals surface area contributed by atoms with Gasteiger partial charge in [-0.25, -0.2) is 9.97 Å². The maximum atomic E-state index is 12.2. The van der Waals surface area contributed by atoms with Crippen LogP contribution in [-0.2, 0) is 0 Å². The van der Waals surface area contributed by atoms with E-state index in [-0.39, 0.29) is 5.91 Å². The number of benzene rings is 1. The van der Waals surface area contributed by atoms with Gasteiger partial charge in [0.15, 0.2) is 5.13 Å². The Labute approximate surface area is 143 Å². The molecule has 0 unspecified atom stereocenters. The van der Waals surface area contributed by atoms with Gasteiger partial charge in [-0.1, -0.05) is 18.2 Å². The van der Waals surface area contributed by atoms with Gasteiger partial charge in [0, 0.05) is 21.5 Å².